The van der Waals surface area contributed by atoms with Gasteiger partial charge in [0, 0.05) is 49.9 Å². The van der Waals surface area contributed by atoms with Gasteiger partial charge in [-0.05, 0) is 106 Å². The molecule has 12 rings (SSSR count). The van der Waals surface area contributed by atoms with E-state index >= 15 is 0 Å². The lowest BCUT2D eigenvalue weighted by Gasteiger charge is -2.26. The van der Waals surface area contributed by atoms with Crippen molar-refractivity contribution in [1.82, 2.24) is 4.57 Å². The summed E-state index contributed by atoms with van der Waals surface area (Å²) in [5.41, 5.74) is 17.9. The van der Waals surface area contributed by atoms with Crippen LogP contribution in [0.1, 0.15) is 0 Å². The molecular weight excluding hydrogens is 765 g/mol. The first kappa shape index (κ1) is 36.5. The van der Waals surface area contributed by atoms with E-state index in [0.29, 0.717) is 0 Å². The van der Waals surface area contributed by atoms with Crippen LogP contribution in [0.5, 0.6) is 0 Å². The maximum Gasteiger partial charge on any atom is 0.135 e. The van der Waals surface area contributed by atoms with Gasteiger partial charge in [-0.3, -0.25) is 0 Å². The summed E-state index contributed by atoms with van der Waals surface area (Å²) in [6, 6.07) is 87.1. The van der Waals surface area contributed by atoms with Crippen LogP contribution in [0.3, 0.4) is 0 Å². The van der Waals surface area contributed by atoms with Gasteiger partial charge in [-0.1, -0.05) is 176 Å². The summed E-state index contributed by atoms with van der Waals surface area (Å²) in [5.74, 6) is 0. The summed E-state index contributed by atoms with van der Waals surface area (Å²) in [7, 11) is 0. The Morgan fingerprint density at radius 3 is 1.59 bits per heavy atom. The Labute approximate surface area is 366 Å². The van der Waals surface area contributed by atoms with Crippen LogP contribution in [0.15, 0.2) is 247 Å². The maximum absolute atomic E-state index is 6.32. The molecule has 12 aromatic rings. The number of nitrogens with zero attached hydrogens (tertiary/aromatic N) is 2. The van der Waals surface area contributed by atoms with Gasteiger partial charge in [0.05, 0.1) is 11.0 Å². The van der Waals surface area contributed by atoms with Gasteiger partial charge in [0.25, 0.3) is 0 Å². The smallest absolute Gasteiger partial charge is 0.135 e. The summed E-state index contributed by atoms with van der Waals surface area (Å²) in [5, 5.41) is 4.66. The molecule has 0 saturated heterocycles. The molecule has 0 amide bonds. The average Bonchev–Trinajstić information content (AvgIpc) is 3.91. The molecule has 0 radical (unpaired) electrons. The van der Waals surface area contributed by atoms with Crippen LogP contribution in [-0.4, -0.2) is 4.57 Å². The summed E-state index contributed by atoms with van der Waals surface area (Å²) in [6.45, 7) is 0. The average molecular weight is 805 g/mol. The number of benzene rings is 10. The van der Waals surface area contributed by atoms with E-state index in [0.717, 1.165) is 55.8 Å². The second kappa shape index (κ2) is 15.3. The van der Waals surface area contributed by atoms with Crippen LogP contribution in [0, 0.1) is 0 Å². The highest BCUT2D eigenvalue weighted by Gasteiger charge is 2.20. The minimum Gasteiger partial charge on any atom is -0.456 e. The molecule has 0 aliphatic carbocycles. The van der Waals surface area contributed by atoms with E-state index in [9.17, 15) is 0 Å². The van der Waals surface area contributed by atoms with Crippen molar-refractivity contribution in [2.24, 2.45) is 0 Å². The molecule has 0 N–H and O–H groups in total. The zero-order valence-corrected chi connectivity index (χ0v) is 34.4. The van der Waals surface area contributed by atoms with Crippen LogP contribution in [-0.2, 0) is 0 Å². The van der Waals surface area contributed by atoms with Crippen molar-refractivity contribution < 1.29 is 4.42 Å². The normalized spacial score (nSPS) is 11.5. The van der Waals surface area contributed by atoms with Crippen LogP contribution >= 0.6 is 0 Å². The maximum atomic E-state index is 6.32. The van der Waals surface area contributed by atoms with E-state index in [1.54, 1.807) is 0 Å². The Kier molecular flexibility index (Phi) is 8.83. The lowest BCUT2D eigenvalue weighted by molar-refractivity contribution is 0.669. The SMILES string of the molecule is c1ccc(-c2ccccc2-c2ccccc2-c2ccc(N(c3cccc(-c4cccc5c6ccccc6n(-c6ccccc6)c45)c3)c3ccc4oc5ccccc5c4c3)cc2)cc1. The molecule has 0 bridgehead atoms. The molecule has 296 valence electrons. The van der Waals surface area contributed by atoms with E-state index in [4.69, 9.17) is 4.42 Å². The van der Waals surface area contributed by atoms with Gasteiger partial charge in [0.2, 0.25) is 0 Å². The predicted molar refractivity (Wildman–Crippen MR) is 264 cm³/mol. The Morgan fingerprint density at radius 1 is 0.302 bits per heavy atom. The minimum atomic E-state index is 0.872. The Morgan fingerprint density at radius 2 is 0.825 bits per heavy atom. The fourth-order valence-corrected chi connectivity index (χ4v) is 9.56. The highest BCUT2D eigenvalue weighted by atomic mass is 16.3. The fraction of sp³-hybridized carbons (Fsp3) is 0. The second-order valence-electron chi connectivity index (χ2n) is 16.1. The molecule has 0 unspecified atom stereocenters. The molecule has 0 atom stereocenters. The van der Waals surface area contributed by atoms with E-state index in [1.165, 1.54) is 55.2 Å². The van der Waals surface area contributed by atoms with Crippen LogP contribution in [0.2, 0.25) is 0 Å². The number of aromatic nitrogens is 1. The van der Waals surface area contributed by atoms with Crippen molar-refractivity contribution in [1.29, 1.82) is 0 Å². The Balaban J connectivity index is 1.02. The first-order valence-electron chi connectivity index (χ1n) is 21.5. The third kappa shape index (κ3) is 6.29. The van der Waals surface area contributed by atoms with Crippen LogP contribution < -0.4 is 4.90 Å². The number of furan rings is 1. The van der Waals surface area contributed by atoms with Crippen molar-refractivity contribution in [2.75, 3.05) is 4.90 Å². The first-order valence-corrected chi connectivity index (χ1v) is 21.5. The lowest BCUT2D eigenvalue weighted by atomic mass is 9.89. The number of rotatable bonds is 8. The Bertz CT molecular complexity index is 3620. The van der Waals surface area contributed by atoms with Crippen LogP contribution in [0.4, 0.5) is 17.1 Å². The second-order valence-corrected chi connectivity index (χ2v) is 16.1. The fourth-order valence-electron chi connectivity index (χ4n) is 9.56. The number of hydrogen-bond acceptors (Lipinski definition) is 2. The van der Waals surface area contributed by atoms with E-state index in [2.05, 4.69) is 240 Å². The molecule has 2 aromatic heterocycles. The quantitative estimate of drug-likeness (QED) is 0.153. The molecular formula is C60H40N2O. The van der Waals surface area contributed by atoms with Crippen molar-refractivity contribution in [3.8, 4) is 50.2 Å². The monoisotopic (exact) mass is 804 g/mol. The van der Waals surface area contributed by atoms with Gasteiger partial charge in [-0.25, -0.2) is 0 Å². The number of hydrogen-bond donors (Lipinski definition) is 0. The third-order valence-corrected chi connectivity index (χ3v) is 12.4. The molecule has 10 aromatic carbocycles. The van der Waals surface area contributed by atoms with Gasteiger partial charge in [-0.2, -0.15) is 0 Å². The predicted octanol–water partition coefficient (Wildman–Crippen LogP) is 16.8. The standard InChI is InChI=1S/C60H40N2O/c1-3-17-41(18-4-1)48-23-7-9-25-51(48)52-26-10-8-24-49(52)42-33-35-45(36-34-42)61(47-37-38-59-56(40-47)54-28-12-14-32-58(54)63-59)46-22-15-19-43(39-46)50-29-16-30-55-53-27-11-13-31-57(53)62(60(50)55)44-20-5-2-6-21-44/h1-40H. The van der Waals surface area contributed by atoms with Gasteiger partial charge >= 0.3 is 0 Å². The minimum absolute atomic E-state index is 0.872. The topological polar surface area (TPSA) is 21.3 Å². The number of fused-ring (bicyclic) bond motifs is 6. The van der Waals surface area contributed by atoms with Crippen molar-refractivity contribution in [3.63, 3.8) is 0 Å². The molecule has 0 aliphatic rings. The molecule has 3 heteroatoms. The van der Waals surface area contributed by atoms with Gasteiger partial charge in [0.1, 0.15) is 11.2 Å². The lowest BCUT2D eigenvalue weighted by Crippen LogP contribution is -2.10. The number of anilines is 3. The van der Waals surface area contributed by atoms with E-state index < -0.39 is 0 Å². The summed E-state index contributed by atoms with van der Waals surface area (Å²) in [6.07, 6.45) is 0. The van der Waals surface area contributed by atoms with Crippen molar-refractivity contribution >= 4 is 60.8 Å². The first-order chi connectivity index (χ1) is 31.3. The highest BCUT2D eigenvalue weighted by molar-refractivity contribution is 6.14. The largest absolute Gasteiger partial charge is 0.456 e. The van der Waals surface area contributed by atoms with E-state index in [-0.39, 0.29) is 0 Å². The summed E-state index contributed by atoms with van der Waals surface area (Å²) < 4.78 is 8.73. The highest BCUT2D eigenvalue weighted by Crippen LogP contribution is 2.44. The number of para-hydroxylation sites is 4. The summed E-state index contributed by atoms with van der Waals surface area (Å²) >= 11 is 0. The molecule has 2 heterocycles. The Hall–Kier alpha value is -8.40. The molecule has 0 spiro atoms. The molecule has 0 saturated carbocycles. The van der Waals surface area contributed by atoms with Gasteiger partial charge < -0.3 is 13.9 Å². The van der Waals surface area contributed by atoms with Gasteiger partial charge in [-0.15, -0.1) is 0 Å². The van der Waals surface area contributed by atoms with E-state index in [1.807, 2.05) is 12.1 Å². The van der Waals surface area contributed by atoms with Gasteiger partial charge in [0.15, 0.2) is 0 Å². The third-order valence-electron chi connectivity index (χ3n) is 12.4. The summed E-state index contributed by atoms with van der Waals surface area (Å²) in [4.78, 5) is 2.37. The molecule has 63 heavy (non-hydrogen) atoms. The zero-order valence-electron chi connectivity index (χ0n) is 34.4. The van der Waals surface area contributed by atoms with Crippen molar-refractivity contribution in [3.05, 3.63) is 243 Å². The zero-order chi connectivity index (χ0) is 41.7. The van der Waals surface area contributed by atoms with Crippen molar-refractivity contribution in [2.45, 2.75) is 0 Å². The van der Waals surface area contributed by atoms with Crippen LogP contribution in [0.25, 0.3) is 93.9 Å². The molecule has 0 fully saturated rings. The molecule has 0 aliphatic heterocycles. The molecule has 3 nitrogen and oxygen atoms in total.